The quantitative estimate of drug-likeness (QED) is 0.643. The van der Waals surface area contributed by atoms with E-state index in [4.69, 9.17) is 0 Å². The summed E-state index contributed by atoms with van der Waals surface area (Å²) in [4.78, 5) is 9.25. The van der Waals surface area contributed by atoms with Crippen molar-refractivity contribution in [3.8, 4) is 0 Å². The van der Waals surface area contributed by atoms with E-state index in [-0.39, 0.29) is 11.9 Å². The molecule has 3 heterocycles. The van der Waals surface area contributed by atoms with Gasteiger partial charge in [-0.1, -0.05) is 29.5 Å². The molecule has 0 bridgehead atoms. The largest absolute Gasteiger partial charge is 0.356 e. The van der Waals surface area contributed by atoms with Gasteiger partial charge in [0.15, 0.2) is 0 Å². The molecule has 1 aliphatic rings. The Bertz CT molecular complexity index is 893. The van der Waals surface area contributed by atoms with Gasteiger partial charge in [0, 0.05) is 51.4 Å². The van der Waals surface area contributed by atoms with Gasteiger partial charge in [0.05, 0.1) is 0 Å². The molecule has 1 aliphatic heterocycles. The monoisotopic (exact) mass is 412 g/mol. The van der Waals surface area contributed by atoms with E-state index >= 15 is 0 Å². The first-order valence-electron chi connectivity index (χ1n) is 9.87. The van der Waals surface area contributed by atoms with Crippen LogP contribution in [0.15, 0.2) is 48.7 Å². The maximum atomic E-state index is 13.0. The third-order valence-electron chi connectivity index (χ3n) is 4.98. The number of hydrogen-bond donors (Lipinski definition) is 1. The van der Waals surface area contributed by atoms with Gasteiger partial charge < -0.3 is 10.2 Å². The van der Waals surface area contributed by atoms with Gasteiger partial charge in [-0.3, -0.25) is 4.90 Å². The lowest BCUT2D eigenvalue weighted by atomic mass is 10.2. The zero-order valence-corrected chi connectivity index (χ0v) is 17.3. The topological polar surface area (TPSA) is 57.2 Å². The Kier molecular flexibility index (Phi) is 6.31. The van der Waals surface area contributed by atoms with Crippen LogP contribution in [-0.4, -0.2) is 58.8 Å². The van der Waals surface area contributed by atoms with Gasteiger partial charge in [-0.2, -0.15) is 0 Å². The second-order valence-electron chi connectivity index (χ2n) is 7.33. The molecule has 0 saturated carbocycles. The van der Waals surface area contributed by atoms with Crippen molar-refractivity contribution >= 4 is 22.3 Å². The summed E-state index contributed by atoms with van der Waals surface area (Å²) in [6.45, 7) is 7.16. The third kappa shape index (κ3) is 5.48. The van der Waals surface area contributed by atoms with Crippen molar-refractivity contribution in [1.29, 1.82) is 0 Å². The SMILES string of the molecule is CC(CN1CCN(c2ccccn2)CC1)Nc1nnc(Cc2ccc(F)cc2)s1. The lowest BCUT2D eigenvalue weighted by Gasteiger charge is -2.36. The van der Waals surface area contributed by atoms with Crippen molar-refractivity contribution in [3.63, 3.8) is 0 Å². The molecule has 152 valence electrons. The van der Waals surface area contributed by atoms with Gasteiger partial charge in [-0.15, -0.1) is 10.2 Å². The highest BCUT2D eigenvalue weighted by Crippen LogP contribution is 2.20. The maximum Gasteiger partial charge on any atom is 0.205 e. The predicted molar refractivity (Wildman–Crippen MR) is 115 cm³/mol. The fourth-order valence-electron chi connectivity index (χ4n) is 3.50. The van der Waals surface area contributed by atoms with Crippen LogP contribution in [0.25, 0.3) is 0 Å². The fraction of sp³-hybridized carbons (Fsp3) is 0.381. The zero-order valence-electron chi connectivity index (χ0n) is 16.5. The Labute approximate surface area is 174 Å². The predicted octanol–water partition coefficient (Wildman–Crippen LogP) is 3.29. The highest BCUT2D eigenvalue weighted by atomic mass is 32.1. The number of benzene rings is 1. The second-order valence-corrected chi connectivity index (χ2v) is 8.39. The number of hydrogen-bond acceptors (Lipinski definition) is 7. The van der Waals surface area contributed by atoms with Crippen molar-refractivity contribution in [1.82, 2.24) is 20.1 Å². The second kappa shape index (κ2) is 9.28. The molecule has 6 nitrogen and oxygen atoms in total. The number of pyridine rings is 1. The molecule has 8 heteroatoms. The lowest BCUT2D eigenvalue weighted by Crippen LogP contribution is -2.49. The van der Waals surface area contributed by atoms with E-state index in [2.05, 4.69) is 43.3 Å². The van der Waals surface area contributed by atoms with E-state index in [0.717, 1.165) is 54.2 Å². The summed E-state index contributed by atoms with van der Waals surface area (Å²) in [5.41, 5.74) is 1.04. The molecule has 1 fully saturated rings. The van der Waals surface area contributed by atoms with Gasteiger partial charge in [0.25, 0.3) is 0 Å². The number of rotatable bonds is 7. The average Bonchev–Trinajstić information content (AvgIpc) is 3.17. The van der Waals surface area contributed by atoms with Crippen LogP contribution in [0.2, 0.25) is 0 Å². The van der Waals surface area contributed by atoms with E-state index in [1.165, 1.54) is 12.1 Å². The third-order valence-corrected chi connectivity index (χ3v) is 5.84. The molecule has 1 N–H and O–H groups in total. The first-order chi connectivity index (χ1) is 14.2. The van der Waals surface area contributed by atoms with Crippen molar-refractivity contribution in [2.75, 3.05) is 42.9 Å². The number of piperazine rings is 1. The van der Waals surface area contributed by atoms with Crippen LogP contribution in [-0.2, 0) is 6.42 Å². The summed E-state index contributed by atoms with van der Waals surface area (Å²) < 4.78 is 13.0. The molecule has 0 amide bonds. The van der Waals surface area contributed by atoms with Crippen LogP contribution in [0.3, 0.4) is 0 Å². The maximum absolute atomic E-state index is 13.0. The number of halogens is 1. The molecule has 1 aromatic carbocycles. The van der Waals surface area contributed by atoms with Crippen molar-refractivity contribution in [3.05, 3.63) is 65.0 Å². The van der Waals surface area contributed by atoms with Gasteiger partial charge in [-0.05, 0) is 36.8 Å². The highest BCUT2D eigenvalue weighted by molar-refractivity contribution is 7.15. The molecule has 1 unspecified atom stereocenters. The van der Waals surface area contributed by atoms with Crippen molar-refractivity contribution in [2.45, 2.75) is 19.4 Å². The fourth-order valence-corrected chi connectivity index (χ4v) is 4.39. The lowest BCUT2D eigenvalue weighted by molar-refractivity contribution is 0.250. The van der Waals surface area contributed by atoms with Crippen molar-refractivity contribution < 1.29 is 4.39 Å². The number of anilines is 2. The molecule has 0 spiro atoms. The summed E-state index contributed by atoms with van der Waals surface area (Å²) >= 11 is 1.56. The van der Waals surface area contributed by atoms with Crippen LogP contribution < -0.4 is 10.2 Å². The Morgan fingerprint density at radius 1 is 1.07 bits per heavy atom. The minimum atomic E-state index is -0.219. The Balaban J connectivity index is 1.23. The van der Waals surface area contributed by atoms with Gasteiger partial charge in [-0.25, -0.2) is 9.37 Å². The van der Waals surface area contributed by atoms with Crippen LogP contribution in [0.1, 0.15) is 17.5 Å². The molecular weight excluding hydrogens is 387 g/mol. The Morgan fingerprint density at radius 3 is 2.59 bits per heavy atom. The minimum Gasteiger partial charge on any atom is -0.356 e. The van der Waals surface area contributed by atoms with Crippen LogP contribution in [0.4, 0.5) is 15.3 Å². The average molecular weight is 413 g/mol. The van der Waals surface area contributed by atoms with Gasteiger partial charge in [0.1, 0.15) is 16.6 Å². The molecular formula is C21H25FN6S. The van der Waals surface area contributed by atoms with Gasteiger partial charge in [0.2, 0.25) is 5.13 Å². The summed E-state index contributed by atoms with van der Waals surface area (Å²) in [5.74, 6) is 0.837. The zero-order chi connectivity index (χ0) is 20.1. The van der Waals surface area contributed by atoms with Crippen LogP contribution in [0, 0.1) is 5.82 Å². The van der Waals surface area contributed by atoms with E-state index in [1.54, 1.807) is 23.5 Å². The van der Waals surface area contributed by atoms with Crippen LogP contribution in [0.5, 0.6) is 0 Å². The van der Waals surface area contributed by atoms with E-state index in [0.29, 0.717) is 6.42 Å². The number of aromatic nitrogens is 3. The van der Waals surface area contributed by atoms with Gasteiger partial charge >= 0.3 is 0 Å². The Hall–Kier alpha value is -2.58. The minimum absolute atomic E-state index is 0.219. The summed E-state index contributed by atoms with van der Waals surface area (Å²) in [6.07, 6.45) is 2.52. The Morgan fingerprint density at radius 2 is 1.86 bits per heavy atom. The summed E-state index contributed by atoms with van der Waals surface area (Å²) in [6, 6.07) is 12.9. The number of nitrogens with zero attached hydrogens (tertiary/aromatic N) is 5. The normalized spacial score (nSPS) is 16.0. The van der Waals surface area contributed by atoms with Crippen molar-refractivity contribution in [2.24, 2.45) is 0 Å². The first-order valence-corrected chi connectivity index (χ1v) is 10.7. The molecule has 0 aliphatic carbocycles. The summed E-state index contributed by atoms with van der Waals surface area (Å²) in [7, 11) is 0. The molecule has 29 heavy (non-hydrogen) atoms. The first kappa shape index (κ1) is 19.7. The molecule has 4 rings (SSSR count). The van der Waals surface area contributed by atoms with E-state index in [9.17, 15) is 4.39 Å². The highest BCUT2D eigenvalue weighted by Gasteiger charge is 2.19. The molecule has 3 aromatic rings. The van der Waals surface area contributed by atoms with E-state index in [1.807, 2.05) is 18.3 Å². The molecule has 1 atom stereocenters. The van der Waals surface area contributed by atoms with E-state index < -0.39 is 0 Å². The standard InChI is InChI=1S/C21H25FN6S/c1-16(15-27-10-12-28(13-11-27)19-4-2-3-9-23-19)24-21-26-25-20(29-21)14-17-5-7-18(22)8-6-17/h2-9,16H,10-15H2,1H3,(H,24,26). The van der Waals surface area contributed by atoms with Crippen LogP contribution >= 0.6 is 11.3 Å². The molecule has 2 aromatic heterocycles. The molecule has 1 saturated heterocycles. The smallest absolute Gasteiger partial charge is 0.205 e. The molecule has 0 radical (unpaired) electrons. The summed E-state index contributed by atoms with van der Waals surface area (Å²) in [5, 5.41) is 13.8. The number of nitrogens with one attached hydrogen (secondary N) is 1.